The minimum absolute atomic E-state index is 0.0886. The third kappa shape index (κ3) is 5.56. The van der Waals surface area contributed by atoms with Crippen molar-refractivity contribution in [2.45, 2.75) is 39.3 Å². The maximum atomic E-state index is 12.3. The molecule has 11 nitrogen and oxygen atoms in total. The Morgan fingerprint density at radius 1 is 1.25 bits per heavy atom. The third-order valence-corrected chi connectivity index (χ3v) is 4.60. The van der Waals surface area contributed by atoms with E-state index in [1.165, 1.54) is 6.20 Å². The van der Waals surface area contributed by atoms with Gasteiger partial charge in [-0.15, -0.1) is 0 Å². The van der Waals surface area contributed by atoms with Gasteiger partial charge < -0.3 is 24.8 Å². The van der Waals surface area contributed by atoms with E-state index in [4.69, 9.17) is 14.9 Å². The fourth-order valence-electron chi connectivity index (χ4n) is 3.19. The second-order valence-electron chi connectivity index (χ2n) is 6.79. The van der Waals surface area contributed by atoms with Gasteiger partial charge in [0.25, 0.3) is 5.91 Å². The smallest absolute Gasteiger partial charge is 0.326 e. The molecule has 0 saturated heterocycles. The lowest BCUT2D eigenvalue weighted by Crippen LogP contribution is -2.44. The first-order chi connectivity index (χ1) is 15.2. The van der Waals surface area contributed by atoms with Gasteiger partial charge in [-0.05, 0) is 19.4 Å². The van der Waals surface area contributed by atoms with Crippen molar-refractivity contribution in [2.75, 3.05) is 6.61 Å². The summed E-state index contributed by atoms with van der Waals surface area (Å²) in [7, 11) is 0. The maximum absolute atomic E-state index is 12.3. The van der Waals surface area contributed by atoms with Crippen LogP contribution in [0.3, 0.4) is 0 Å². The first-order valence-electron chi connectivity index (χ1n) is 9.70. The maximum Gasteiger partial charge on any atom is 0.326 e. The summed E-state index contributed by atoms with van der Waals surface area (Å²) in [6.07, 6.45) is 5.47. The number of ketones is 1. The van der Waals surface area contributed by atoms with Crippen LogP contribution in [0.25, 0.3) is 10.9 Å². The molecular weight excluding hydrogens is 422 g/mol. The topological polar surface area (TPSA) is 165 Å². The zero-order chi connectivity index (χ0) is 23.8. The van der Waals surface area contributed by atoms with Crippen LogP contribution in [-0.2, 0) is 25.7 Å². The highest BCUT2D eigenvalue weighted by atomic mass is 16.5. The summed E-state index contributed by atoms with van der Waals surface area (Å²) in [5, 5.41) is 20.1. The summed E-state index contributed by atoms with van der Waals surface area (Å²) in [4.78, 5) is 61.6. The van der Waals surface area contributed by atoms with Crippen LogP contribution in [0.15, 0.2) is 24.4 Å². The Labute approximate surface area is 182 Å². The van der Waals surface area contributed by atoms with Gasteiger partial charge in [0.2, 0.25) is 11.7 Å². The van der Waals surface area contributed by atoms with Crippen LogP contribution in [0.2, 0.25) is 0 Å². The lowest BCUT2D eigenvalue weighted by atomic mass is 10.1. The number of aliphatic carboxylic acids is 2. The SMILES string of the molecule is CC/C=C/Cn1c(C)c(C(=O)C=O)c2c(OCC(=O)NC(CC(=O)O)C(=O)O)nccc21. The third-order valence-electron chi connectivity index (χ3n) is 4.60. The zero-order valence-corrected chi connectivity index (χ0v) is 17.5. The van der Waals surface area contributed by atoms with E-state index >= 15 is 0 Å². The standard InChI is InChI=1S/C21H23N3O8/c1-3-4-5-8-24-12(2)18(15(26)10-25)19-14(24)6-7-22-20(19)32-11-16(27)23-13(21(30)31)9-17(28)29/h4-7,10,13H,3,8-9,11H2,1-2H3,(H,23,27)(H,28,29)(H,30,31)/b5-4+. The normalized spacial score (nSPS) is 11.9. The number of allylic oxidation sites excluding steroid dienone is 2. The number of amides is 1. The van der Waals surface area contributed by atoms with E-state index in [1.54, 1.807) is 17.6 Å². The minimum Gasteiger partial charge on any atom is -0.481 e. The molecule has 170 valence electrons. The Bertz CT molecular complexity index is 1090. The Morgan fingerprint density at radius 2 is 1.97 bits per heavy atom. The molecule has 0 radical (unpaired) electrons. The number of carboxylic acid groups (broad SMARTS) is 2. The number of pyridine rings is 1. The van der Waals surface area contributed by atoms with Crippen molar-refractivity contribution < 1.29 is 38.9 Å². The van der Waals surface area contributed by atoms with Crippen molar-refractivity contribution >= 4 is 40.8 Å². The molecule has 0 aromatic carbocycles. The van der Waals surface area contributed by atoms with Gasteiger partial charge in [-0.1, -0.05) is 19.1 Å². The van der Waals surface area contributed by atoms with Gasteiger partial charge in [0.15, 0.2) is 12.9 Å². The van der Waals surface area contributed by atoms with E-state index in [0.29, 0.717) is 17.8 Å². The van der Waals surface area contributed by atoms with Crippen molar-refractivity contribution in [3.63, 3.8) is 0 Å². The Morgan fingerprint density at radius 3 is 2.56 bits per heavy atom. The summed E-state index contributed by atoms with van der Waals surface area (Å²) in [5.41, 5.74) is 1.18. The van der Waals surface area contributed by atoms with Gasteiger partial charge in [-0.3, -0.25) is 19.2 Å². The van der Waals surface area contributed by atoms with E-state index in [-0.39, 0.29) is 23.1 Å². The Balaban J connectivity index is 2.37. The van der Waals surface area contributed by atoms with Crippen molar-refractivity contribution in [1.82, 2.24) is 14.9 Å². The molecule has 32 heavy (non-hydrogen) atoms. The van der Waals surface area contributed by atoms with Crippen LogP contribution >= 0.6 is 0 Å². The average molecular weight is 445 g/mol. The van der Waals surface area contributed by atoms with Gasteiger partial charge >= 0.3 is 11.9 Å². The molecule has 0 aliphatic heterocycles. The molecule has 0 fully saturated rings. The Kier molecular flexibility index (Phi) is 8.22. The molecule has 2 aromatic heterocycles. The number of aldehydes is 1. The first-order valence-corrected chi connectivity index (χ1v) is 9.70. The lowest BCUT2D eigenvalue weighted by Gasteiger charge is -2.13. The minimum atomic E-state index is -1.63. The summed E-state index contributed by atoms with van der Waals surface area (Å²) in [5.74, 6) is -4.65. The van der Waals surface area contributed by atoms with Gasteiger partial charge in [-0.2, -0.15) is 0 Å². The van der Waals surface area contributed by atoms with Crippen LogP contribution in [0.5, 0.6) is 5.88 Å². The van der Waals surface area contributed by atoms with Crippen LogP contribution in [-0.4, -0.2) is 62.3 Å². The van der Waals surface area contributed by atoms with Crippen LogP contribution in [0.1, 0.15) is 35.8 Å². The number of hydrogen-bond donors (Lipinski definition) is 3. The number of carboxylic acids is 2. The van der Waals surface area contributed by atoms with Crippen LogP contribution in [0, 0.1) is 6.92 Å². The van der Waals surface area contributed by atoms with E-state index in [9.17, 15) is 24.0 Å². The molecule has 0 aliphatic rings. The number of hydrogen-bond acceptors (Lipinski definition) is 7. The van der Waals surface area contributed by atoms with Gasteiger partial charge in [-0.25, -0.2) is 9.78 Å². The number of carbonyl (C=O) groups is 5. The van der Waals surface area contributed by atoms with Gasteiger partial charge in [0.1, 0.15) is 6.04 Å². The Hall–Kier alpha value is -4.02. The molecule has 11 heteroatoms. The van der Waals surface area contributed by atoms with E-state index in [0.717, 1.165) is 6.42 Å². The number of carbonyl (C=O) groups excluding carboxylic acids is 3. The van der Waals surface area contributed by atoms with E-state index < -0.39 is 42.7 Å². The number of nitrogens with zero attached hydrogens (tertiary/aromatic N) is 2. The highest BCUT2D eigenvalue weighted by Gasteiger charge is 2.25. The molecule has 0 bridgehead atoms. The van der Waals surface area contributed by atoms with Crippen molar-refractivity contribution in [1.29, 1.82) is 0 Å². The largest absolute Gasteiger partial charge is 0.481 e. The molecule has 0 saturated carbocycles. The van der Waals surface area contributed by atoms with Gasteiger partial charge in [0, 0.05) is 18.4 Å². The van der Waals surface area contributed by atoms with E-state index in [1.807, 2.05) is 19.1 Å². The highest BCUT2D eigenvalue weighted by molar-refractivity contribution is 6.37. The van der Waals surface area contributed by atoms with Crippen molar-refractivity contribution in [3.05, 3.63) is 35.7 Å². The molecule has 0 spiro atoms. The molecule has 3 N–H and O–H groups in total. The molecule has 2 heterocycles. The second-order valence-corrected chi connectivity index (χ2v) is 6.79. The lowest BCUT2D eigenvalue weighted by molar-refractivity contribution is -0.147. The molecule has 1 amide bonds. The molecule has 0 aliphatic carbocycles. The van der Waals surface area contributed by atoms with Crippen LogP contribution < -0.4 is 10.1 Å². The molecule has 2 rings (SSSR count). The molecular formula is C21H23N3O8. The molecule has 1 atom stereocenters. The van der Waals surface area contributed by atoms with Crippen molar-refractivity contribution in [3.8, 4) is 5.88 Å². The predicted octanol–water partition coefficient (Wildman–Crippen LogP) is 1.12. The summed E-state index contributed by atoms with van der Waals surface area (Å²) in [6.45, 7) is 3.41. The summed E-state index contributed by atoms with van der Waals surface area (Å²) in [6, 6.07) is 0.0115. The number of aromatic nitrogens is 2. The number of Topliss-reactive ketones (excluding diaryl/α,β-unsaturated/α-hetero) is 1. The summed E-state index contributed by atoms with van der Waals surface area (Å²) >= 11 is 0. The molecule has 1 unspecified atom stereocenters. The fourth-order valence-corrected chi connectivity index (χ4v) is 3.19. The predicted molar refractivity (Wildman–Crippen MR) is 112 cm³/mol. The second kappa shape index (κ2) is 10.8. The number of nitrogens with one attached hydrogen (secondary N) is 1. The van der Waals surface area contributed by atoms with Crippen molar-refractivity contribution in [2.24, 2.45) is 0 Å². The fraction of sp³-hybridized carbons (Fsp3) is 0.333. The summed E-state index contributed by atoms with van der Waals surface area (Å²) < 4.78 is 7.24. The van der Waals surface area contributed by atoms with Crippen LogP contribution in [0.4, 0.5) is 0 Å². The first kappa shape index (κ1) is 24.3. The van der Waals surface area contributed by atoms with E-state index in [2.05, 4.69) is 10.3 Å². The zero-order valence-electron chi connectivity index (χ0n) is 17.5. The quantitative estimate of drug-likeness (QED) is 0.188. The van der Waals surface area contributed by atoms with Gasteiger partial charge in [0.05, 0.1) is 22.9 Å². The monoisotopic (exact) mass is 445 g/mol. The molecule has 2 aromatic rings. The number of rotatable bonds is 12. The number of ether oxygens (including phenoxy) is 1. The number of fused-ring (bicyclic) bond motifs is 1. The average Bonchev–Trinajstić information content (AvgIpc) is 3.03. The highest BCUT2D eigenvalue weighted by Crippen LogP contribution is 2.32.